The Morgan fingerprint density at radius 2 is 2.04 bits per heavy atom. The molecule has 25 heavy (non-hydrogen) atoms. The minimum atomic E-state index is -0.0532. The molecule has 0 radical (unpaired) electrons. The quantitative estimate of drug-likeness (QED) is 0.531. The van der Waals surface area contributed by atoms with Crippen LogP contribution in [0.5, 0.6) is 11.5 Å². The molecule has 1 heterocycles. The highest BCUT2D eigenvalue weighted by Gasteiger charge is 2.10. The molecule has 3 rings (SSSR count). The topological polar surface area (TPSA) is 75.4 Å². The van der Waals surface area contributed by atoms with Crippen LogP contribution < -0.4 is 4.74 Å². The Labute approximate surface area is 154 Å². The maximum absolute atomic E-state index is 10.2. The van der Waals surface area contributed by atoms with E-state index >= 15 is 0 Å². The van der Waals surface area contributed by atoms with Gasteiger partial charge in [-0.3, -0.25) is 0 Å². The van der Waals surface area contributed by atoms with Crippen LogP contribution in [0, 0.1) is 11.7 Å². The molecule has 0 bridgehead atoms. The van der Waals surface area contributed by atoms with Gasteiger partial charge in [0.15, 0.2) is 17.3 Å². The Hall–Kier alpha value is -2.64. The summed E-state index contributed by atoms with van der Waals surface area (Å²) in [5.74, 6) is 0.779. The zero-order chi connectivity index (χ0) is 18.0. The van der Waals surface area contributed by atoms with Gasteiger partial charge in [-0.15, -0.1) is 0 Å². The van der Waals surface area contributed by atoms with E-state index in [0.717, 1.165) is 11.1 Å². The minimum absolute atomic E-state index is 0.0532. The van der Waals surface area contributed by atoms with Gasteiger partial charge in [-0.05, 0) is 25.2 Å². The van der Waals surface area contributed by atoms with Gasteiger partial charge in [0.2, 0.25) is 4.77 Å². The van der Waals surface area contributed by atoms with E-state index in [1.54, 1.807) is 6.07 Å². The van der Waals surface area contributed by atoms with Crippen molar-refractivity contribution in [2.24, 2.45) is 5.10 Å². The number of benzene rings is 2. The fourth-order valence-electron chi connectivity index (χ4n) is 2.26. The summed E-state index contributed by atoms with van der Waals surface area (Å²) in [5, 5.41) is 21.9. The summed E-state index contributed by atoms with van der Waals surface area (Å²) in [6.07, 6.45) is 1.45. The lowest BCUT2D eigenvalue weighted by Crippen LogP contribution is -1.96. The van der Waals surface area contributed by atoms with E-state index in [-0.39, 0.29) is 11.5 Å². The molecule has 0 unspecified atom stereocenters. The van der Waals surface area contributed by atoms with Gasteiger partial charge in [-0.1, -0.05) is 41.4 Å². The van der Waals surface area contributed by atoms with Crippen LogP contribution in [0.25, 0.3) is 11.4 Å². The predicted octanol–water partition coefficient (Wildman–Crippen LogP) is 4.17. The number of H-pyrrole nitrogens is 1. The Kier molecular flexibility index (Phi) is 4.87. The lowest BCUT2D eigenvalue weighted by Gasteiger charge is -2.07. The summed E-state index contributed by atoms with van der Waals surface area (Å²) < 4.78 is 6.90. The number of aromatic nitrogens is 3. The van der Waals surface area contributed by atoms with E-state index in [1.165, 1.54) is 24.1 Å². The van der Waals surface area contributed by atoms with Gasteiger partial charge in [0.05, 0.1) is 13.3 Å². The third-order valence-corrected chi connectivity index (χ3v) is 4.04. The van der Waals surface area contributed by atoms with E-state index in [1.807, 2.05) is 31.2 Å². The van der Waals surface area contributed by atoms with E-state index in [4.69, 9.17) is 28.6 Å². The molecule has 2 aromatic carbocycles. The number of nitrogens with zero attached hydrogens (tertiary/aromatic N) is 3. The van der Waals surface area contributed by atoms with Crippen molar-refractivity contribution >= 4 is 30.0 Å². The number of aromatic amines is 1. The highest BCUT2D eigenvalue weighted by molar-refractivity contribution is 7.71. The van der Waals surface area contributed by atoms with E-state index in [0.29, 0.717) is 21.2 Å². The number of hydrogen-bond donors (Lipinski definition) is 2. The highest BCUT2D eigenvalue weighted by atomic mass is 35.5. The van der Waals surface area contributed by atoms with E-state index in [9.17, 15) is 5.11 Å². The Balaban J connectivity index is 2.03. The molecule has 3 aromatic rings. The first-order valence-electron chi connectivity index (χ1n) is 7.35. The van der Waals surface area contributed by atoms with Crippen molar-refractivity contribution in [2.75, 3.05) is 7.11 Å². The molecule has 0 saturated carbocycles. The third-order valence-electron chi connectivity index (χ3n) is 3.56. The Morgan fingerprint density at radius 1 is 1.32 bits per heavy atom. The molecule has 128 valence electrons. The Bertz CT molecular complexity index is 993. The third kappa shape index (κ3) is 3.57. The van der Waals surface area contributed by atoms with Gasteiger partial charge in [-0.2, -0.15) is 14.9 Å². The molecule has 6 nitrogen and oxygen atoms in total. The summed E-state index contributed by atoms with van der Waals surface area (Å²) in [7, 11) is 1.45. The smallest absolute Gasteiger partial charge is 0.216 e. The molecule has 8 heteroatoms. The summed E-state index contributed by atoms with van der Waals surface area (Å²) in [4.78, 5) is 0. The van der Waals surface area contributed by atoms with Gasteiger partial charge in [0, 0.05) is 22.2 Å². The lowest BCUT2D eigenvalue weighted by molar-refractivity contribution is 0.373. The molecule has 1 aromatic heterocycles. The standard InChI is InChI=1S/C17H15ClN4O2S/c1-10-3-5-11(6-4-10)16-20-21-17(25)22(16)19-9-12-7-13(18)8-14(24-2)15(12)23/h3-9,23H,1-2H3,(H,21,25). The first-order valence-corrected chi connectivity index (χ1v) is 8.13. The van der Waals surface area contributed by atoms with Gasteiger partial charge >= 0.3 is 0 Å². The number of hydrogen-bond acceptors (Lipinski definition) is 5. The van der Waals surface area contributed by atoms with Crippen LogP contribution >= 0.6 is 23.8 Å². The first-order chi connectivity index (χ1) is 12.0. The summed E-state index contributed by atoms with van der Waals surface area (Å²) in [6.45, 7) is 2.01. The maximum atomic E-state index is 10.2. The number of aryl methyl sites for hydroxylation is 1. The van der Waals surface area contributed by atoms with Crippen LogP contribution in [0.1, 0.15) is 11.1 Å². The number of halogens is 1. The number of nitrogens with one attached hydrogen (secondary N) is 1. The number of aromatic hydroxyl groups is 1. The second kappa shape index (κ2) is 7.08. The predicted molar refractivity (Wildman–Crippen MR) is 100 cm³/mol. The minimum Gasteiger partial charge on any atom is -0.504 e. The van der Waals surface area contributed by atoms with Gasteiger partial charge in [0.1, 0.15) is 0 Å². The van der Waals surface area contributed by atoms with Crippen molar-refractivity contribution in [2.45, 2.75) is 6.92 Å². The normalized spacial score (nSPS) is 11.2. The van der Waals surface area contributed by atoms with Crippen molar-refractivity contribution in [3.8, 4) is 22.9 Å². The molecule has 0 amide bonds. The average Bonchev–Trinajstić information content (AvgIpc) is 2.96. The second-order valence-electron chi connectivity index (χ2n) is 5.32. The summed E-state index contributed by atoms with van der Waals surface area (Å²) in [5.41, 5.74) is 2.41. The molecule has 0 atom stereocenters. The maximum Gasteiger partial charge on any atom is 0.216 e. The van der Waals surface area contributed by atoms with Gasteiger partial charge < -0.3 is 9.84 Å². The fourth-order valence-corrected chi connectivity index (χ4v) is 2.65. The summed E-state index contributed by atoms with van der Waals surface area (Å²) in [6, 6.07) is 10.9. The molecule has 0 saturated heterocycles. The van der Waals surface area contributed by atoms with Crippen LogP contribution in [-0.2, 0) is 0 Å². The number of phenols is 1. The van der Waals surface area contributed by atoms with Crippen LogP contribution in [-0.4, -0.2) is 33.3 Å². The van der Waals surface area contributed by atoms with Crippen LogP contribution in [0.15, 0.2) is 41.5 Å². The van der Waals surface area contributed by atoms with Crippen molar-refractivity contribution in [3.63, 3.8) is 0 Å². The molecular formula is C17H15ClN4O2S. The van der Waals surface area contributed by atoms with Crippen molar-refractivity contribution in [1.29, 1.82) is 0 Å². The van der Waals surface area contributed by atoms with Crippen LogP contribution in [0.2, 0.25) is 5.02 Å². The zero-order valence-electron chi connectivity index (χ0n) is 13.5. The molecular weight excluding hydrogens is 360 g/mol. The van der Waals surface area contributed by atoms with E-state index < -0.39 is 0 Å². The SMILES string of the molecule is COc1cc(Cl)cc(C=Nn2c(-c3ccc(C)cc3)n[nH]c2=S)c1O. The molecule has 0 aliphatic heterocycles. The Morgan fingerprint density at radius 3 is 2.72 bits per heavy atom. The van der Waals surface area contributed by atoms with Gasteiger partial charge in [0.25, 0.3) is 0 Å². The van der Waals surface area contributed by atoms with Crippen LogP contribution in [0.4, 0.5) is 0 Å². The summed E-state index contributed by atoms with van der Waals surface area (Å²) >= 11 is 11.3. The van der Waals surface area contributed by atoms with E-state index in [2.05, 4.69) is 15.3 Å². The number of rotatable bonds is 4. The molecule has 0 spiro atoms. The first kappa shape index (κ1) is 17.2. The highest BCUT2D eigenvalue weighted by Crippen LogP contribution is 2.32. The van der Waals surface area contributed by atoms with Crippen molar-refractivity contribution in [1.82, 2.24) is 14.9 Å². The average molecular weight is 375 g/mol. The molecule has 0 aliphatic carbocycles. The van der Waals surface area contributed by atoms with Crippen LogP contribution in [0.3, 0.4) is 0 Å². The molecule has 0 aliphatic rings. The fraction of sp³-hybridized carbons (Fsp3) is 0.118. The number of methoxy groups -OCH3 is 1. The zero-order valence-corrected chi connectivity index (χ0v) is 15.1. The number of ether oxygens (including phenoxy) is 1. The monoisotopic (exact) mass is 374 g/mol. The largest absolute Gasteiger partial charge is 0.504 e. The molecule has 0 fully saturated rings. The molecule has 2 N–H and O–H groups in total. The lowest BCUT2D eigenvalue weighted by atomic mass is 10.1. The van der Waals surface area contributed by atoms with Crippen molar-refractivity contribution < 1.29 is 9.84 Å². The van der Waals surface area contributed by atoms with Crippen molar-refractivity contribution in [3.05, 3.63) is 57.3 Å². The second-order valence-corrected chi connectivity index (χ2v) is 6.14. The van der Waals surface area contributed by atoms with Gasteiger partial charge in [-0.25, -0.2) is 5.10 Å². The number of phenolic OH excluding ortho intramolecular Hbond substituents is 1.